The Morgan fingerprint density at radius 2 is 1.88 bits per heavy atom. The summed E-state index contributed by atoms with van der Waals surface area (Å²) in [5.74, 6) is 0.0384. The third kappa shape index (κ3) is 2.83. The number of benzene rings is 1. The lowest BCUT2D eigenvalue weighted by Crippen LogP contribution is -2.36. The Kier molecular flexibility index (Phi) is 3.57. The first-order chi connectivity index (χ1) is 7.75. The Morgan fingerprint density at radius 3 is 2.44 bits per heavy atom. The van der Waals surface area contributed by atoms with Crippen LogP contribution in [-0.2, 0) is 17.6 Å². The molecule has 0 radical (unpaired) electrons. The number of fused-ring (bicyclic) bond motifs is 1. The smallest absolute Gasteiger partial charge is 0.216 e. The van der Waals surface area contributed by atoms with Gasteiger partial charge < -0.3 is 10.6 Å². The first-order valence-corrected chi connectivity index (χ1v) is 5.80. The molecule has 1 aliphatic carbocycles. The number of amides is 1. The van der Waals surface area contributed by atoms with Gasteiger partial charge in [0.25, 0.3) is 0 Å². The van der Waals surface area contributed by atoms with Crippen LogP contribution in [-0.4, -0.2) is 25.0 Å². The van der Waals surface area contributed by atoms with Gasteiger partial charge in [0.05, 0.1) is 0 Å². The maximum absolute atomic E-state index is 10.7. The van der Waals surface area contributed by atoms with E-state index in [2.05, 4.69) is 34.9 Å². The van der Waals surface area contributed by atoms with Crippen molar-refractivity contribution in [1.82, 2.24) is 10.6 Å². The van der Waals surface area contributed by atoms with Crippen LogP contribution in [0, 0.1) is 0 Å². The van der Waals surface area contributed by atoms with Crippen molar-refractivity contribution in [3.63, 3.8) is 0 Å². The van der Waals surface area contributed by atoms with Gasteiger partial charge in [-0.2, -0.15) is 0 Å². The van der Waals surface area contributed by atoms with E-state index in [1.54, 1.807) is 6.92 Å². The Morgan fingerprint density at radius 1 is 1.25 bits per heavy atom. The summed E-state index contributed by atoms with van der Waals surface area (Å²) in [4.78, 5) is 10.7. The number of rotatable bonds is 4. The molecule has 0 aromatic heterocycles. The second-order valence-corrected chi connectivity index (χ2v) is 4.31. The molecule has 1 aliphatic rings. The first kappa shape index (κ1) is 11.1. The van der Waals surface area contributed by atoms with E-state index in [0.717, 1.165) is 19.4 Å². The minimum atomic E-state index is 0.0384. The van der Waals surface area contributed by atoms with Gasteiger partial charge in [-0.3, -0.25) is 4.79 Å². The summed E-state index contributed by atoms with van der Waals surface area (Å²) in [6.45, 7) is 3.10. The summed E-state index contributed by atoms with van der Waals surface area (Å²) >= 11 is 0. The van der Waals surface area contributed by atoms with E-state index in [1.807, 2.05) is 0 Å². The summed E-state index contributed by atoms with van der Waals surface area (Å²) in [5.41, 5.74) is 2.92. The predicted octanol–water partition coefficient (Wildman–Crippen LogP) is 0.879. The fourth-order valence-electron chi connectivity index (χ4n) is 2.22. The fraction of sp³-hybridized carbons (Fsp3) is 0.462. The molecule has 0 spiro atoms. The van der Waals surface area contributed by atoms with Crippen molar-refractivity contribution >= 4 is 5.91 Å². The predicted molar refractivity (Wildman–Crippen MR) is 64.3 cm³/mol. The highest BCUT2D eigenvalue weighted by Crippen LogP contribution is 2.21. The van der Waals surface area contributed by atoms with Gasteiger partial charge in [-0.1, -0.05) is 24.3 Å². The lowest BCUT2D eigenvalue weighted by atomic mass is 10.1. The molecule has 3 nitrogen and oxygen atoms in total. The zero-order valence-electron chi connectivity index (χ0n) is 9.62. The monoisotopic (exact) mass is 218 g/mol. The molecule has 0 heterocycles. The molecule has 0 bridgehead atoms. The zero-order valence-corrected chi connectivity index (χ0v) is 9.62. The van der Waals surface area contributed by atoms with Crippen molar-refractivity contribution in [2.24, 2.45) is 0 Å². The average molecular weight is 218 g/mol. The van der Waals surface area contributed by atoms with Crippen molar-refractivity contribution in [2.45, 2.75) is 25.8 Å². The second kappa shape index (κ2) is 5.12. The van der Waals surface area contributed by atoms with Gasteiger partial charge in [-0.15, -0.1) is 0 Å². The van der Waals surface area contributed by atoms with Crippen LogP contribution in [0.15, 0.2) is 24.3 Å². The maximum Gasteiger partial charge on any atom is 0.216 e. The van der Waals surface area contributed by atoms with E-state index >= 15 is 0 Å². The van der Waals surface area contributed by atoms with Crippen LogP contribution in [0.4, 0.5) is 0 Å². The molecule has 86 valence electrons. The number of carbonyl (C=O) groups excluding carboxylic acids is 1. The SMILES string of the molecule is CC(=O)NCCNC1Cc2ccccc2C1. The second-order valence-electron chi connectivity index (χ2n) is 4.31. The van der Waals surface area contributed by atoms with Crippen molar-refractivity contribution in [1.29, 1.82) is 0 Å². The molecule has 1 aromatic rings. The fourth-order valence-corrected chi connectivity index (χ4v) is 2.22. The standard InChI is InChI=1S/C13H18N2O/c1-10(16)14-6-7-15-13-8-11-4-2-3-5-12(11)9-13/h2-5,13,15H,6-9H2,1H3,(H,14,16). The van der Waals surface area contributed by atoms with E-state index in [9.17, 15) is 4.79 Å². The summed E-state index contributed by atoms with van der Waals surface area (Å²) in [6.07, 6.45) is 2.21. The summed E-state index contributed by atoms with van der Waals surface area (Å²) in [6, 6.07) is 9.12. The molecule has 0 unspecified atom stereocenters. The van der Waals surface area contributed by atoms with Crippen molar-refractivity contribution in [3.05, 3.63) is 35.4 Å². The molecule has 2 N–H and O–H groups in total. The number of hydrogen-bond acceptors (Lipinski definition) is 2. The van der Waals surface area contributed by atoms with Gasteiger partial charge >= 0.3 is 0 Å². The molecule has 0 fully saturated rings. The van der Waals surface area contributed by atoms with E-state index < -0.39 is 0 Å². The van der Waals surface area contributed by atoms with Crippen LogP contribution < -0.4 is 10.6 Å². The molecule has 1 amide bonds. The normalized spacial score (nSPS) is 14.8. The third-order valence-electron chi connectivity index (χ3n) is 2.98. The molecule has 0 atom stereocenters. The van der Waals surface area contributed by atoms with Crippen LogP contribution in [0.3, 0.4) is 0 Å². The van der Waals surface area contributed by atoms with Crippen molar-refractivity contribution < 1.29 is 4.79 Å². The Bertz CT molecular complexity index is 351. The van der Waals surface area contributed by atoms with Gasteiger partial charge in [0.2, 0.25) is 5.91 Å². The van der Waals surface area contributed by atoms with Crippen molar-refractivity contribution in [3.8, 4) is 0 Å². The molecule has 3 heteroatoms. The topological polar surface area (TPSA) is 41.1 Å². The number of nitrogens with one attached hydrogen (secondary N) is 2. The average Bonchev–Trinajstić information content (AvgIpc) is 2.66. The van der Waals surface area contributed by atoms with Crippen LogP contribution in [0.2, 0.25) is 0 Å². The van der Waals surface area contributed by atoms with E-state index in [-0.39, 0.29) is 5.91 Å². The van der Waals surface area contributed by atoms with Crippen LogP contribution in [0.5, 0.6) is 0 Å². The summed E-state index contributed by atoms with van der Waals surface area (Å²) in [7, 11) is 0. The lowest BCUT2D eigenvalue weighted by Gasteiger charge is -2.11. The third-order valence-corrected chi connectivity index (χ3v) is 2.98. The number of carbonyl (C=O) groups is 1. The zero-order chi connectivity index (χ0) is 11.4. The maximum atomic E-state index is 10.7. The summed E-state index contributed by atoms with van der Waals surface area (Å²) in [5, 5.41) is 6.26. The van der Waals surface area contributed by atoms with E-state index in [4.69, 9.17) is 0 Å². The van der Waals surface area contributed by atoms with Crippen LogP contribution >= 0.6 is 0 Å². The van der Waals surface area contributed by atoms with Crippen LogP contribution in [0.1, 0.15) is 18.1 Å². The van der Waals surface area contributed by atoms with Gasteiger partial charge in [-0.05, 0) is 24.0 Å². The molecule has 0 saturated carbocycles. The minimum Gasteiger partial charge on any atom is -0.355 e. The Hall–Kier alpha value is -1.35. The van der Waals surface area contributed by atoms with Gasteiger partial charge in [0.1, 0.15) is 0 Å². The van der Waals surface area contributed by atoms with E-state index in [1.165, 1.54) is 11.1 Å². The molecule has 16 heavy (non-hydrogen) atoms. The van der Waals surface area contributed by atoms with Crippen LogP contribution in [0.25, 0.3) is 0 Å². The minimum absolute atomic E-state index is 0.0384. The Labute approximate surface area is 96.2 Å². The first-order valence-electron chi connectivity index (χ1n) is 5.80. The van der Waals surface area contributed by atoms with Crippen molar-refractivity contribution in [2.75, 3.05) is 13.1 Å². The lowest BCUT2D eigenvalue weighted by molar-refractivity contribution is -0.118. The molecular formula is C13H18N2O. The van der Waals surface area contributed by atoms with Gasteiger partial charge in [0.15, 0.2) is 0 Å². The highest BCUT2D eigenvalue weighted by molar-refractivity contribution is 5.72. The van der Waals surface area contributed by atoms with Gasteiger partial charge in [-0.25, -0.2) is 0 Å². The quantitative estimate of drug-likeness (QED) is 0.737. The molecular weight excluding hydrogens is 200 g/mol. The highest BCUT2D eigenvalue weighted by atomic mass is 16.1. The van der Waals surface area contributed by atoms with Gasteiger partial charge in [0, 0.05) is 26.1 Å². The molecule has 2 rings (SSSR count). The summed E-state index contributed by atoms with van der Waals surface area (Å²) < 4.78 is 0. The molecule has 0 saturated heterocycles. The van der Waals surface area contributed by atoms with E-state index in [0.29, 0.717) is 12.6 Å². The largest absolute Gasteiger partial charge is 0.355 e. The highest BCUT2D eigenvalue weighted by Gasteiger charge is 2.19. The molecule has 0 aliphatic heterocycles. The molecule has 1 aromatic carbocycles. The Balaban J connectivity index is 1.73. The number of hydrogen-bond donors (Lipinski definition) is 2.